The molecule has 2 rings (SSSR count). The lowest BCUT2D eigenvalue weighted by Crippen LogP contribution is -2.03. The highest BCUT2D eigenvalue weighted by Gasteiger charge is 2.10. The minimum Gasteiger partial charge on any atom is -0.463 e. The van der Waals surface area contributed by atoms with Gasteiger partial charge < -0.3 is 9.47 Å². The summed E-state index contributed by atoms with van der Waals surface area (Å²) in [4.78, 5) is 11.8. The fourth-order valence-electron chi connectivity index (χ4n) is 1.27. The predicted octanol–water partition coefficient (Wildman–Crippen LogP) is 4.63. The van der Waals surface area contributed by atoms with E-state index in [0.717, 1.165) is 15.4 Å². The van der Waals surface area contributed by atoms with Crippen LogP contribution in [0.25, 0.3) is 0 Å². The van der Waals surface area contributed by atoms with Crippen LogP contribution in [0, 0.1) is 0 Å². The minimum atomic E-state index is 0.0225. The summed E-state index contributed by atoms with van der Waals surface area (Å²) in [5, 5.41) is 0.0225. The van der Waals surface area contributed by atoms with Crippen molar-refractivity contribution < 1.29 is 9.47 Å². The van der Waals surface area contributed by atoms with Gasteiger partial charge in [-0.3, -0.25) is 0 Å². The third-order valence-corrected chi connectivity index (χ3v) is 3.38. The van der Waals surface area contributed by atoms with Crippen molar-refractivity contribution in [3.05, 3.63) is 32.4 Å². The summed E-state index contributed by atoms with van der Waals surface area (Å²) in [7, 11) is 0. The SMILES string of the molecule is CCCOc1nc(Cl)nc(Oc2ccc(Br)cc2Br)n1. The number of aromatic nitrogens is 3. The van der Waals surface area contributed by atoms with Gasteiger partial charge in [0, 0.05) is 4.47 Å². The van der Waals surface area contributed by atoms with Crippen LogP contribution in [-0.2, 0) is 0 Å². The Morgan fingerprint density at radius 1 is 1.15 bits per heavy atom. The first-order valence-electron chi connectivity index (χ1n) is 5.75. The van der Waals surface area contributed by atoms with Gasteiger partial charge in [-0.05, 0) is 52.2 Å². The van der Waals surface area contributed by atoms with E-state index >= 15 is 0 Å². The van der Waals surface area contributed by atoms with E-state index in [0.29, 0.717) is 12.4 Å². The molecular weight excluding hydrogens is 413 g/mol. The van der Waals surface area contributed by atoms with Crippen LogP contribution >= 0.6 is 43.5 Å². The summed E-state index contributed by atoms with van der Waals surface area (Å²) in [6, 6.07) is 5.71. The van der Waals surface area contributed by atoms with Gasteiger partial charge in [0.2, 0.25) is 5.28 Å². The van der Waals surface area contributed by atoms with Crippen molar-refractivity contribution >= 4 is 43.5 Å². The van der Waals surface area contributed by atoms with Gasteiger partial charge in [0.1, 0.15) is 5.75 Å². The molecule has 0 aliphatic carbocycles. The van der Waals surface area contributed by atoms with Crippen LogP contribution in [0.4, 0.5) is 0 Å². The molecule has 0 N–H and O–H groups in total. The average Bonchev–Trinajstić information content (AvgIpc) is 2.39. The Morgan fingerprint density at radius 2 is 1.90 bits per heavy atom. The smallest absolute Gasteiger partial charge is 0.329 e. The molecule has 0 spiro atoms. The van der Waals surface area contributed by atoms with Gasteiger partial charge in [0.15, 0.2) is 0 Å². The van der Waals surface area contributed by atoms with Crippen LogP contribution in [0.15, 0.2) is 27.1 Å². The zero-order valence-electron chi connectivity index (χ0n) is 10.4. The zero-order chi connectivity index (χ0) is 14.5. The third-order valence-electron chi connectivity index (χ3n) is 2.10. The van der Waals surface area contributed by atoms with E-state index in [9.17, 15) is 0 Å². The number of benzene rings is 1. The average molecular weight is 423 g/mol. The van der Waals surface area contributed by atoms with Gasteiger partial charge in [0.05, 0.1) is 11.1 Å². The monoisotopic (exact) mass is 421 g/mol. The Balaban J connectivity index is 2.21. The molecule has 20 heavy (non-hydrogen) atoms. The Bertz CT molecular complexity index is 613. The summed E-state index contributed by atoms with van der Waals surface area (Å²) in [5.41, 5.74) is 0. The Morgan fingerprint density at radius 3 is 2.60 bits per heavy atom. The van der Waals surface area contributed by atoms with Gasteiger partial charge in [-0.2, -0.15) is 9.97 Å². The number of nitrogens with zero attached hydrogens (tertiary/aromatic N) is 3. The predicted molar refractivity (Wildman–Crippen MR) is 82.5 cm³/mol. The molecule has 8 heteroatoms. The lowest BCUT2D eigenvalue weighted by molar-refractivity contribution is 0.284. The number of hydrogen-bond donors (Lipinski definition) is 0. The van der Waals surface area contributed by atoms with E-state index in [1.165, 1.54) is 0 Å². The van der Waals surface area contributed by atoms with Crippen LogP contribution in [0.1, 0.15) is 13.3 Å². The molecule has 0 saturated heterocycles. The zero-order valence-corrected chi connectivity index (χ0v) is 14.4. The van der Waals surface area contributed by atoms with Gasteiger partial charge in [-0.25, -0.2) is 0 Å². The van der Waals surface area contributed by atoms with Gasteiger partial charge in [0.25, 0.3) is 0 Å². The second kappa shape index (κ2) is 7.19. The second-order valence-corrected chi connectivity index (χ2v) is 5.80. The summed E-state index contributed by atoms with van der Waals surface area (Å²) in [6.07, 6.45) is 0.845. The molecule has 0 saturated carbocycles. The van der Waals surface area contributed by atoms with Crippen LogP contribution < -0.4 is 9.47 Å². The molecule has 0 radical (unpaired) electrons. The third kappa shape index (κ3) is 4.29. The normalized spacial score (nSPS) is 10.4. The summed E-state index contributed by atoms with van der Waals surface area (Å²) >= 11 is 12.6. The van der Waals surface area contributed by atoms with E-state index in [1.54, 1.807) is 6.07 Å². The molecule has 1 heterocycles. The molecule has 2 aromatic rings. The van der Waals surface area contributed by atoms with Crippen LogP contribution in [0.3, 0.4) is 0 Å². The van der Waals surface area contributed by atoms with Crippen LogP contribution in [0.5, 0.6) is 17.8 Å². The molecule has 0 aliphatic heterocycles. The van der Waals surface area contributed by atoms with E-state index in [2.05, 4.69) is 46.8 Å². The lowest BCUT2D eigenvalue weighted by Gasteiger charge is -2.08. The fourth-order valence-corrected chi connectivity index (χ4v) is 2.55. The maximum Gasteiger partial charge on any atom is 0.329 e. The molecule has 0 aliphatic rings. The fraction of sp³-hybridized carbons (Fsp3) is 0.250. The molecule has 0 amide bonds. The molecule has 1 aromatic carbocycles. The summed E-state index contributed by atoms with van der Waals surface area (Å²) in [6.45, 7) is 2.49. The van der Waals surface area contributed by atoms with Crippen molar-refractivity contribution in [3.63, 3.8) is 0 Å². The molecule has 0 bridgehead atoms. The van der Waals surface area contributed by atoms with E-state index < -0.39 is 0 Å². The standard InChI is InChI=1S/C12H10Br2ClN3O2/c1-2-5-19-11-16-10(15)17-12(18-11)20-9-4-3-7(13)6-8(9)14/h3-4,6H,2,5H2,1H3. The number of rotatable bonds is 5. The molecule has 1 aromatic heterocycles. The van der Waals surface area contributed by atoms with Gasteiger partial charge >= 0.3 is 12.0 Å². The topological polar surface area (TPSA) is 57.1 Å². The highest BCUT2D eigenvalue weighted by molar-refractivity contribution is 9.11. The first kappa shape index (κ1) is 15.5. The highest BCUT2D eigenvalue weighted by atomic mass is 79.9. The minimum absolute atomic E-state index is 0.0225. The number of hydrogen-bond acceptors (Lipinski definition) is 5. The summed E-state index contributed by atoms with van der Waals surface area (Å²) < 4.78 is 12.6. The van der Waals surface area contributed by atoms with Gasteiger partial charge in [-0.15, -0.1) is 4.98 Å². The van der Waals surface area contributed by atoms with E-state index in [1.807, 2.05) is 19.1 Å². The van der Waals surface area contributed by atoms with Crippen molar-refractivity contribution in [2.75, 3.05) is 6.61 Å². The molecule has 5 nitrogen and oxygen atoms in total. The Kier molecular flexibility index (Phi) is 5.56. The number of ether oxygens (including phenoxy) is 2. The van der Waals surface area contributed by atoms with E-state index in [4.69, 9.17) is 21.1 Å². The van der Waals surface area contributed by atoms with Crippen molar-refractivity contribution in [2.24, 2.45) is 0 Å². The number of halogens is 3. The molecule has 0 atom stereocenters. The van der Waals surface area contributed by atoms with Crippen molar-refractivity contribution in [1.82, 2.24) is 15.0 Å². The van der Waals surface area contributed by atoms with E-state index in [-0.39, 0.29) is 17.3 Å². The van der Waals surface area contributed by atoms with Crippen LogP contribution in [-0.4, -0.2) is 21.6 Å². The van der Waals surface area contributed by atoms with Crippen LogP contribution in [0.2, 0.25) is 5.28 Å². The first-order chi connectivity index (χ1) is 9.58. The Labute approximate surface area is 138 Å². The van der Waals surface area contributed by atoms with Crippen molar-refractivity contribution in [1.29, 1.82) is 0 Å². The highest BCUT2D eigenvalue weighted by Crippen LogP contribution is 2.31. The Hall–Kier alpha value is -0.920. The quantitative estimate of drug-likeness (QED) is 0.702. The van der Waals surface area contributed by atoms with Crippen molar-refractivity contribution in [3.8, 4) is 17.8 Å². The maximum absolute atomic E-state index is 5.82. The molecule has 0 unspecified atom stereocenters. The molecule has 0 fully saturated rings. The lowest BCUT2D eigenvalue weighted by atomic mass is 10.3. The van der Waals surface area contributed by atoms with Crippen molar-refractivity contribution in [2.45, 2.75) is 13.3 Å². The summed E-state index contributed by atoms with van der Waals surface area (Å²) in [5.74, 6) is 0.567. The first-order valence-corrected chi connectivity index (χ1v) is 7.72. The molecule has 106 valence electrons. The molecular formula is C12H10Br2ClN3O2. The maximum atomic E-state index is 5.82. The van der Waals surface area contributed by atoms with Gasteiger partial charge in [-0.1, -0.05) is 22.9 Å². The largest absolute Gasteiger partial charge is 0.463 e. The second-order valence-electron chi connectivity index (χ2n) is 3.69.